The Balaban J connectivity index is 2.47. The molecule has 2 aromatic carbocycles. The van der Waals surface area contributed by atoms with Crippen molar-refractivity contribution in [2.45, 2.75) is 24.9 Å². The molecule has 0 bridgehead atoms. The molecular formula is C16H20N2. The predicted octanol–water partition coefficient (Wildman–Crippen LogP) is 2.73. The summed E-state index contributed by atoms with van der Waals surface area (Å²) < 4.78 is 0. The third-order valence-electron chi connectivity index (χ3n) is 3.83. The van der Waals surface area contributed by atoms with E-state index in [0.717, 1.165) is 11.1 Å². The Morgan fingerprint density at radius 1 is 0.611 bits per heavy atom. The quantitative estimate of drug-likeness (QED) is 0.866. The second-order valence-electron chi connectivity index (χ2n) is 5.14. The lowest BCUT2D eigenvalue weighted by molar-refractivity contribution is 0.268. The number of rotatable bonds is 3. The largest absolute Gasteiger partial charge is 0.320 e. The van der Waals surface area contributed by atoms with Gasteiger partial charge in [-0.3, -0.25) is 0 Å². The van der Waals surface area contributed by atoms with Gasteiger partial charge in [0.1, 0.15) is 0 Å². The van der Waals surface area contributed by atoms with Crippen LogP contribution in [0.15, 0.2) is 60.7 Å². The maximum atomic E-state index is 6.52. The summed E-state index contributed by atoms with van der Waals surface area (Å²) in [5.41, 5.74) is 13.9. The Morgan fingerprint density at radius 3 is 1.17 bits per heavy atom. The van der Waals surface area contributed by atoms with Crippen LogP contribution < -0.4 is 11.5 Å². The van der Waals surface area contributed by atoms with Gasteiger partial charge in [0.15, 0.2) is 0 Å². The molecule has 0 amide bonds. The van der Waals surface area contributed by atoms with Crippen LogP contribution in [0, 0.1) is 0 Å². The molecule has 0 aliphatic rings. The van der Waals surface area contributed by atoms with Crippen LogP contribution in [0.2, 0.25) is 0 Å². The van der Waals surface area contributed by atoms with Crippen LogP contribution in [0.3, 0.4) is 0 Å². The average Bonchev–Trinajstić information content (AvgIpc) is 2.40. The first-order valence-corrected chi connectivity index (χ1v) is 6.15. The number of hydrogen-bond acceptors (Lipinski definition) is 2. The predicted molar refractivity (Wildman–Crippen MR) is 76.0 cm³/mol. The van der Waals surface area contributed by atoms with Gasteiger partial charge in [0.05, 0.1) is 11.1 Å². The van der Waals surface area contributed by atoms with Crippen molar-refractivity contribution in [2.24, 2.45) is 11.5 Å². The Hall–Kier alpha value is -1.64. The molecule has 4 N–H and O–H groups in total. The minimum Gasteiger partial charge on any atom is -0.320 e. The third-order valence-corrected chi connectivity index (χ3v) is 3.83. The van der Waals surface area contributed by atoms with E-state index < -0.39 is 11.1 Å². The fourth-order valence-corrected chi connectivity index (χ4v) is 2.17. The van der Waals surface area contributed by atoms with E-state index >= 15 is 0 Å². The van der Waals surface area contributed by atoms with Gasteiger partial charge in [-0.25, -0.2) is 0 Å². The molecule has 94 valence electrons. The fourth-order valence-electron chi connectivity index (χ4n) is 2.17. The highest BCUT2D eigenvalue weighted by Crippen LogP contribution is 2.35. The molecular weight excluding hydrogens is 220 g/mol. The van der Waals surface area contributed by atoms with Crippen LogP contribution >= 0.6 is 0 Å². The van der Waals surface area contributed by atoms with Crippen molar-refractivity contribution in [3.05, 3.63) is 71.8 Å². The Morgan fingerprint density at radius 2 is 0.889 bits per heavy atom. The molecule has 2 heteroatoms. The minimum absolute atomic E-state index is 0.629. The van der Waals surface area contributed by atoms with E-state index in [1.54, 1.807) is 0 Å². The molecule has 2 atom stereocenters. The lowest BCUT2D eigenvalue weighted by Crippen LogP contribution is -2.57. The van der Waals surface area contributed by atoms with Gasteiger partial charge in [-0.05, 0) is 25.0 Å². The van der Waals surface area contributed by atoms with E-state index in [1.807, 2.05) is 74.5 Å². The molecule has 0 fully saturated rings. The maximum Gasteiger partial charge on any atom is 0.0603 e. The van der Waals surface area contributed by atoms with E-state index in [9.17, 15) is 0 Å². The van der Waals surface area contributed by atoms with Gasteiger partial charge in [-0.15, -0.1) is 0 Å². The molecule has 2 rings (SSSR count). The van der Waals surface area contributed by atoms with Crippen molar-refractivity contribution < 1.29 is 0 Å². The average molecular weight is 240 g/mol. The zero-order chi connectivity index (χ0) is 13.2. The van der Waals surface area contributed by atoms with E-state index in [1.165, 1.54) is 0 Å². The highest BCUT2D eigenvalue weighted by Gasteiger charge is 2.40. The smallest absolute Gasteiger partial charge is 0.0603 e. The van der Waals surface area contributed by atoms with E-state index in [2.05, 4.69) is 0 Å². The summed E-state index contributed by atoms with van der Waals surface area (Å²) in [5, 5.41) is 0. The van der Waals surface area contributed by atoms with E-state index in [-0.39, 0.29) is 0 Å². The third kappa shape index (κ3) is 2.05. The summed E-state index contributed by atoms with van der Waals surface area (Å²) in [6.45, 7) is 3.96. The Kier molecular flexibility index (Phi) is 3.24. The molecule has 0 aliphatic carbocycles. The first-order valence-electron chi connectivity index (χ1n) is 6.15. The first-order chi connectivity index (χ1) is 8.46. The van der Waals surface area contributed by atoms with Crippen LogP contribution in [-0.4, -0.2) is 0 Å². The lowest BCUT2D eigenvalue weighted by atomic mass is 9.72. The molecule has 2 aromatic rings. The van der Waals surface area contributed by atoms with Crippen molar-refractivity contribution >= 4 is 0 Å². The summed E-state index contributed by atoms with van der Waals surface area (Å²) in [6.07, 6.45) is 0. The van der Waals surface area contributed by atoms with Gasteiger partial charge in [0.25, 0.3) is 0 Å². The summed E-state index contributed by atoms with van der Waals surface area (Å²) in [7, 11) is 0. The van der Waals surface area contributed by atoms with E-state index in [0.29, 0.717) is 0 Å². The van der Waals surface area contributed by atoms with Crippen LogP contribution in [-0.2, 0) is 11.1 Å². The van der Waals surface area contributed by atoms with Crippen molar-refractivity contribution in [3.63, 3.8) is 0 Å². The van der Waals surface area contributed by atoms with Crippen molar-refractivity contribution in [1.82, 2.24) is 0 Å². The monoisotopic (exact) mass is 240 g/mol. The molecule has 0 unspecified atom stereocenters. The summed E-state index contributed by atoms with van der Waals surface area (Å²) in [6, 6.07) is 20.0. The molecule has 0 spiro atoms. The Bertz CT molecular complexity index is 452. The van der Waals surface area contributed by atoms with Crippen LogP contribution in [0.25, 0.3) is 0 Å². The normalized spacial score (nSPS) is 17.8. The molecule has 18 heavy (non-hydrogen) atoms. The van der Waals surface area contributed by atoms with Gasteiger partial charge in [-0.1, -0.05) is 60.7 Å². The zero-order valence-corrected chi connectivity index (χ0v) is 10.9. The summed E-state index contributed by atoms with van der Waals surface area (Å²) >= 11 is 0. The topological polar surface area (TPSA) is 52.0 Å². The molecule has 0 saturated carbocycles. The molecule has 2 nitrogen and oxygen atoms in total. The lowest BCUT2D eigenvalue weighted by Gasteiger charge is -2.42. The van der Waals surface area contributed by atoms with Gasteiger partial charge in [-0.2, -0.15) is 0 Å². The van der Waals surface area contributed by atoms with Gasteiger partial charge < -0.3 is 11.5 Å². The van der Waals surface area contributed by atoms with Gasteiger partial charge >= 0.3 is 0 Å². The van der Waals surface area contributed by atoms with Crippen molar-refractivity contribution in [3.8, 4) is 0 Å². The number of benzene rings is 2. The summed E-state index contributed by atoms with van der Waals surface area (Å²) in [4.78, 5) is 0. The minimum atomic E-state index is -0.629. The van der Waals surface area contributed by atoms with Crippen LogP contribution in [0.1, 0.15) is 25.0 Å². The number of hydrogen-bond donors (Lipinski definition) is 2. The number of nitrogens with two attached hydrogens (primary N) is 2. The second-order valence-corrected chi connectivity index (χ2v) is 5.14. The standard InChI is InChI=1S/C16H20N2/c1-15(17,13-9-5-3-6-10-13)16(2,18)14-11-7-4-8-12-14/h3-12H,17-18H2,1-2H3/t15-,16-/m0/s1. The van der Waals surface area contributed by atoms with Crippen LogP contribution in [0.4, 0.5) is 0 Å². The van der Waals surface area contributed by atoms with E-state index in [4.69, 9.17) is 11.5 Å². The van der Waals surface area contributed by atoms with Gasteiger partial charge in [0, 0.05) is 0 Å². The first kappa shape index (κ1) is 12.8. The fraction of sp³-hybridized carbons (Fsp3) is 0.250. The van der Waals surface area contributed by atoms with Crippen molar-refractivity contribution in [1.29, 1.82) is 0 Å². The highest BCUT2D eigenvalue weighted by atomic mass is 14.9. The maximum absolute atomic E-state index is 6.52. The molecule has 0 heterocycles. The zero-order valence-electron chi connectivity index (χ0n) is 10.9. The molecule has 0 radical (unpaired) electrons. The molecule has 0 saturated heterocycles. The Labute approximate surface area is 109 Å². The highest BCUT2D eigenvalue weighted by molar-refractivity contribution is 5.35. The second kappa shape index (κ2) is 4.56. The molecule has 0 aliphatic heterocycles. The van der Waals surface area contributed by atoms with Crippen molar-refractivity contribution in [2.75, 3.05) is 0 Å². The summed E-state index contributed by atoms with van der Waals surface area (Å²) in [5.74, 6) is 0. The van der Waals surface area contributed by atoms with Gasteiger partial charge in [0.2, 0.25) is 0 Å². The molecule has 0 aromatic heterocycles. The SMILES string of the molecule is C[C@](N)(c1ccccc1)[C@@](C)(N)c1ccccc1. The van der Waals surface area contributed by atoms with Crippen LogP contribution in [0.5, 0.6) is 0 Å².